The van der Waals surface area contributed by atoms with Crippen molar-refractivity contribution in [2.75, 3.05) is 19.3 Å². The van der Waals surface area contributed by atoms with E-state index in [9.17, 15) is 13.2 Å². The van der Waals surface area contributed by atoms with Crippen LogP contribution in [0, 0.1) is 0 Å². The van der Waals surface area contributed by atoms with Gasteiger partial charge in [0.25, 0.3) is 0 Å². The molecule has 1 rings (SSSR count). The number of carbonyl (C=O) groups is 1. The van der Waals surface area contributed by atoms with E-state index < -0.39 is 15.6 Å². The van der Waals surface area contributed by atoms with Gasteiger partial charge in [-0.25, -0.2) is 13.1 Å². The quantitative estimate of drug-likeness (QED) is 0.614. The van der Waals surface area contributed by atoms with E-state index in [0.717, 1.165) is 19.1 Å². The first-order valence-electron chi connectivity index (χ1n) is 6.67. The first-order valence-corrected chi connectivity index (χ1v) is 8.56. The molecule has 0 heterocycles. The summed E-state index contributed by atoms with van der Waals surface area (Å²) in [5.41, 5.74) is -0.610. The van der Waals surface area contributed by atoms with Gasteiger partial charge in [-0.3, -0.25) is 4.79 Å². The van der Waals surface area contributed by atoms with Crippen LogP contribution in [0.2, 0.25) is 0 Å². The van der Waals surface area contributed by atoms with Crippen molar-refractivity contribution in [3.8, 4) is 0 Å². The van der Waals surface area contributed by atoms with Crippen LogP contribution < -0.4 is 15.4 Å². The molecule has 0 radical (unpaired) electrons. The topological polar surface area (TPSA) is 87.3 Å². The summed E-state index contributed by atoms with van der Waals surface area (Å²) < 4.78 is 24.8. The zero-order valence-electron chi connectivity index (χ0n) is 12.0. The SMILES string of the molecule is CC(C)(CNCC(=O)NC1CCCC1)NS(C)(=O)=O. The molecule has 0 aromatic carbocycles. The van der Waals surface area contributed by atoms with Gasteiger partial charge in [0.15, 0.2) is 0 Å². The molecule has 7 heteroatoms. The Bertz CT molecular complexity index is 400. The molecule has 0 saturated heterocycles. The first kappa shape index (κ1) is 16.4. The van der Waals surface area contributed by atoms with Crippen molar-refractivity contribution in [2.45, 2.75) is 51.1 Å². The van der Waals surface area contributed by atoms with E-state index >= 15 is 0 Å². The minimum Gasteiger partial charge on any atom is -0.352 e. The third-order valence-corrected chi connectivity index (χ3v) is 3.96. The van der Waals surface area contributed by atoms with Gasteiger partial charge in [-0.2, -0.15) is 0 Å². The highest BCUT2D eigenvalue weighted by Crippen LogP contribution is 2.17. The van der Waals surface area contributed by atoms with E-state index in [1.807, 2.05) is 0 Å². The Morgan fingerprint density at radius 3 is 2.37 bits per heavy atom. The molecule has 0 spiro atoms. The van der Waals surface area contributed by atoms with Gasteiger partial charge in [0.2, 0.25) is 15.9 Å². The molecule has 0 aliphatic heterocycles. The number of carbonyl (C=O) groups excluding carboxylic acids is 1. The second kappa shape index (κ2) is 6.67. The predicted molar refractivity (Wildman–Crippen MR) is 75.3 cm³/mol. The van der Waals surface area contributed by atoms with Crippen molar-refractivity contribution in [3.63, 3.8) is 0 Å². The van der Waals surface area contributed by atoms with Gasteiger partial charge >= 0.3 is 0 Å². The van der Waals surface area contributed by atoms with Crippen LogP contribution >= 0.6 is 0 Å². The van der Waals surface area contributed by atoms with E-state index in [1.54, 1.807) is 13.8 Å². The minimum absolute atomic E-state index is 0.0259. The van der Waals surface area contributed by atoms with Crippen LogP contribution in [0.15, 0.2) is 0 Å². The molecule has 0 bridgehead atoms. The summed E-state index contributed by atoms with van der Waals surface area (Å²) in [6, 6.07) is 0.316. The lowest BCUT2D eigenvalue weighted by molar-refractivity contribution is -0.120. The molecule has 112 valence electrons. The number of hydrogen-bond acceptors (Lipinski definition) is 4. The van der Waals surface area contributed by atoms with E-state index in [2.05, 4.69) is 15.4 Å². The Morgan fingerprint density at radius 2 is 1.84 bits per heavy atom. The highest BCUT2D eigenvalue weighted by molar-refractivity contribution is 7.88. The molecule has 0 aromatic heterocycles. The number of rotatable bonds is 7. The fourth-order valence-corrected chi connectivity index (χ4v) is 3.45. The zero-order chi connectivity index (χ0) is 14.5. The van der Waals surface area contributed by atoms with Gasteiger partial charge in [-0.15, -0.1) is 0 Å². The highest BCUT2D eigenvalue weighted by Gasteiger charge is 2.22. The lowest BCUT2D eigenvalue weighted by Gasteiger charge is -2.25. The minimum atomic E-state index is -3.24. The lowest BCUT2D eigenvalue weighted by atomic mass is 10.1. The molecule has 1 amide bonds. The van der Waals surface area contributed by atoms with Crippen LogP contribution in [0.5, 0.6) is 0 Å². The van der Waals surface area contributed by atoms with Gasteiger partial charge < -0.3 is 10.6 Å². The van der Waals surface area contributed by atoms with Gasteiger partial charge in [0.05, 0.1) is 12.8 Å². The van der Waals surface area contributed by atoms with E-state index in [4.69, 9.17) is 0 Å². The fraction of sp³-hybridized carbons (Fsp3) is 0.917. The molecule has 0 aromatic rings. The molecular formula is C12H25N3O3S. The number of nitrogens with one attached hydrogen (secondary N) is 3. The van der Waals surface area contributed by atoms with Gasteiger partial charge in [0.1, 0.15) is 0 Å². The van der Waals surface area contributed by atoms with Gasteiger partial charge in [-0.05, 0) is 26.7 Å². The second-order valence-corrected chi connectivity index (χ2v) is 7.66. The summed E-state index contributed by atoms with van der Waals surface area (Å²) in [6.45, 7) is 4.16. The first-order chi connectivity index (χ1) is 8.68. The number of sulfonamides is 1. The van der Waals surface area contributed by atoms with Crippen molar-refractivity contribution in [2.24, 2.45) is 0 Å². The Labute approximate surface area is 115 Å². The van der Waals surface area contributed by atoms with Crippen LogP contribution in [0.4, 0.5) is 0 Å². The van der Waals surface area contributed by atoms with Gasteiger partial charge in [0, 0.05) is 18.1 Å². The van der Waals surface area contributed by atoms with E-state index in [1.165, 1.54) is 12.8 Å². The molecule has 1 saturated carbocycles. The van der Waals surface area contributed by atoms with Crippen LogP contribution in [0.3, 0.4) is 0 Å². The average Bonchev–Trinajstić information content (AvgIpc) is 2.65. The molecule has 0 unspecified atom stereocenters. The standard InChI is InChI=1S/C12H25N3O3S/c1-12(2,15-19(3,17)18)9-13-8-11(16)14-10-6-4-5-7-10/h10,13,15H,4-9H2,1-3H3,(H,14,16). The van der Waals surface area contributed by atoms with E-state index in [-0.39, 0.29) is 12.5 Å². The van der Waals surface area contributed by atoms with Crippen molar-refractivity contribution in [3.05, 3.63) is 0 Å². The molecule has 3 N–H and O–H groups in total. The summed E-state index contributed by atoms with van der Waals surface area (Å²) in [7, 11) is -3.24. The molecule has 6 nitrogen and oxygen atoms in total. The van der Waals surface area contributed by atoms with Crippen molar-refractivity contribution >= 4 is 15.9 Å². The molecule has 1 aliphatic rings. The maximum atomic E-state index is 11.7. The Hall–Kier alpha value is -0.660. The second-order valence-electron chi connectivity index (χ2n) is 5.91. The molecule has 1 fully saturated rings. The summed E-state index contributed by atoms with van der Waals surface area (Å²) in [5, 5.41) is 5.96. The summed E-state index contributed by atoms with van der Waals surface area (Å²) in [5.74, 6) is -0.0259. The third kappa shape index (κ3) is 7.49. The maximum Gasteiger partial charge on any atom is 0.234 e. The number of hydrogen-bond donors (Lipinski definition) is 3. The molecule has 19 heavy (non-hydrogen) atoms. The summed E-state index contributed by atoms with van der Waals surface area (Å²) in [4.78, 5) is 11.7. The van der Waals surface area contributed by atoms with Crippen LogP contribution in [-0.2, 0) is 14.8 Å². The largest absolute Gasteiger partial charge is 0.352 e. The Balaban J connectivity index is 2.23. The fourth-order valence-electron chi connectivity index (χ4n) is 2.38. The maximum absolute atomic E-state index is 11.7. The monoisotopic (exact) mass is 291 g/mol. The van der Waals surface area contributed by atoms with Crippen molar-refractivity contribution in [1.29, 1.82) is 0 Å². The normalized spacial score (nSPS) is 17.6. The summed E-state index contributed by atoms with van der Waals surface area (Å²) >= 11 is 0. The Morgan fingerprint density at radius 1 is 1.26 bits per heavy atom. The third-order valence-electron chi connectivity index (χ3n) is 3.03. The lowest BCUT2D eigenvalue weighted by Crippen LogP contribution is -2.51. The smallest absolute Gasteiger partial charge is 0.234 e. The van der Waals surface area contributed by atoms with Crippen molar-refractivity contribution in [1.82, 2.24) is 15.4 Å². The highest BCUT2D eigenvalue weighted by atomic mass is 32.2. The Kier molecular flexibility index (Phi) is 5.76. The molecule has 1 aliphatic carbocycles. The predicted octanol–water partition coefficient (Wildman–Crippen LogP) is -0.0374. The van der Waals surface area contributed by atoms with Crippen LogP contribution in [-0.4, -0.2) is 45.3 Å². The molecular weight excluding hydrogens is 266 g/mol. The number of amides is 1. The van der Waals surface area contributed by atoms with Gasteiger partial charge in [-0.1, -0.05) is 12.8 Å². The van der Waals surface area contributed by atoms with Crippen LogP contribution in [0.25, 0.3) is 0 Å². The van der Waals surface area contributed by atoms with Crippen LogP contribution in [0.1, 0.15) is 39.5 Å². The summed E-state index contributed by atoms with van der Waals surface area (Å²) in [6.07, 6.45) is 5.62. The average molecular weight is 291 g/mol. The zero-order valence-corrected chi connectivity index (χ0v) is 12.8. The van der Waals surface area contributed by atoms with Crippen molar-refractivity contribution < 1.29 is 13.2 Å². The molecule has 0 atom stereocenters. The van der Waals surface area contributed by atoms with E-state index in [0.29, 0.717) is 12.6 Å².